The van der Waals surface area contributed by atoms with Crippen molar-refractivity contribution in [2.24, 2.45) is 0 Å². The van der Waals surface area contributed by atoms with E-state index < -0.39 is 7.25 Å². The Morgan fingerprint density at radius 3 is 1.46 bits per heavy atom. The van der Waals surface area contributed by atoms with Crippen LogP contribution in [0, 0.1) is 25.7 Å². The molecule has 0 amide bonds. The Morgan fingerprint density at radius 1 is 0.574 bits per heavy atom. The van der Waals surface area contributed by atoms with E-state index in [2.05, 4.69) is 119 Å². The number of halogens is 4. The van der Waals surface area contributed by atoms with Gasteiger partial charge in [0.05, 0.1) is 0 Å². The fourth-order valence-corrected chi connectivity index (χ4v) is 19.3. The molecule has 3 aliphatic carbocycles. The Bertz CT molecular complexity index is 1710. The fraction of sp³-hybridized carbons (Fsp3) is 0.478. The summed E-state index contributed by atoms with van der Waals surface area (Å²) in [5.74, 6) is 0. The van der Waals surface area contributed by atoms with Crippen LogP contribution >= 0.6 is 15.8 Å². The van der Waals surface area contributed by atoms with Crippen molar-refractivity contribution in [1.29, 1.82) is 0 Å². The van der Waals surface area contributed by atoms with Gasteiger partial charge >= 0.3 is 7.25 Å². The van der Waals surface area contributed by atoms with Gasteiger partial charge in [-0.1, -0.05) is 148 Å². The Kier molecular flexibility index (Phi) is 16.5. The van der Waals surface area contributed by atoms with Crippen LogP contribution in [0.4, 0.5) is 17.3 Å². The normalized spacial score (nSPS) is 21.6. The molecule has 1 aliphatic heterocycles. The van der Waals surface area contributed by atoms with Crippen molar-refractivity contribution in [2.75, 3.05) is 0 Å². The molecule has 293 valence electrons. The Hall–Kier alpha value is -1.33. The molecule has 4 aliphatic rings. The molecule has 0 N–H and O–H groups in total. The fourth-order valence-electron chi connectivity index (χ4n) is 9.20. The van der Waals surface area contributed by atoms with E-state index in [1.165, 1.54) is 118 Å². The summed E-state index contributed by atoms with van der Waals surface area (Å²) in [6.45, 7) is 7.77. The van der Waals surface area contributed by atoms with E-state index in [-0.39, 0.29) is 35.3 Å². The minimum atomic E-state index is -6.00. The summed E-state index contributed by atoms with van der Waals surface area (Å²) in [5, 5.41) is 6.79. The van der Waals surface area contributed by atoms with Crippen LogP contribution in [0.2, 0.25) is 0 Å². The van der Waals surface area contributed by atoms with Crippen molar-refractivity contribution < 1.29 is 36.7 Å². The zero-order valence-electron chi connectivity index (χ0n) is 32.4. The second kappa shape index (κ2) is 20.4. The smallest absolute Gasteiger partial charge is 0.418 e. The number of rotatable bonds is 3. The van der Waals surface area contributed by atoms with Crippen molar-refractivity contribution in [3.63, 3.8) is 0 Å². The van der Waals surface area contributed by atoms with Gasteiger partial charge in [0.2, 0.25) is 0 Å². The maximum atomic E-state index is 9.75. The van der Waals surface area contributed by atoms with Crippen molar-refractivity contribution in [3.8, 4) is 11.1 Å². The monoisotopic (exact) mass is 862 g/mol. The molecule has 3 fully saturated rings. The van der Waals surface area contributed by atoms with Crippen LogP contribution in [-0.2, 0) is 25.6 Å². The number of hydrogen-bond donors (Lipinski definition) is 0. The first-order valence-electron chi connectivity index (χ1n) is 20.2. The van der Waals surface area contributed by atoms with Gasteiger partial charge in [0.1, 0.15) is 0 Å². The van der Waals surface area contributed by atoms with E-state index in [0.717, 1.165) is 16.7 Å². The van der Waals surface area contributed by atoms with Crippen molar-refractivity contribution in [2.45, 2.75) is 139 Å². The SMILES string of the molecule is CC(C)(C)[P@]1Cc2ccc3ccccc3c2-c2c(ccc3ccccc23)[C@@H]1P(C1CCCCC1)C1CCCCC1.F[B-](F)(F)F.[CH]1[CH]CC[CH][CH]CC1.[Rh]. The van der Waals surface area contributed by atoms with E-state index in [1.54, 1.807) is 22.3 Å². The molecule has 8 rings (SSSR count). The molecular formula is C46H58BF4P2Rh-. The third-order valence-corrected chi connectivity index (χ3v) is 20.1. The Labute approximate surface area is 339 Å². The summed E-state index contributed by atoms with van der Waals surface area (Å²) in [7, 11) is -6.34. The largest absolute Gasteiger partial charge is 0.673 e. The van der Waals surface area contributed by atoms with Gasteiger partial charge in [-0.3, -0.25) is 0 Å². The molecule has 0 aromatic heterocycles. The van der Waals surface area contributed by atoms with Crippen molar-refractivity contribution >= 4 is 44.6 Å². The maximum Gasteiger partial charge on any atom is 0.673 e. The van der Waals surface area contributed by atoms with Crippen LogP contribution in [0.15, 0.2) is 72.8 Å². The topological polar surface area (TPSA) is 0 Å². The molecule has 0 unspecified atom stereocenters. The van der Waals surface area contributed by atoms with Gasteiger partial charge in [-0.15, -0.1) is 0 Å². The molecule has 5 radical (unpaired) electrons. The van der Waals surface area contributed by atoms with Gasteiger partial charge in [-0.2, -0.15) is 0 Å². The predicted octanol–water partition coefficient (Wildman–Crippen LogP) is 16.3. The second-order valence-corrected chi connectivity index (χ2v) is 22.8. The summed E-state index contributed by atoms with van der Waals surface area (Å²) in [6.07, 6.45) is 30.0. The molecule has 2 atom stereocenters. The minimum absolute atomic E-state index is 0. The second-order valence-electron chi connectivity index (χ2n) is 16.4. The molecule has 0 nitrogen and oxygen atoms in total. The molecule has 1 heterocycles. The van der Waals surface area contributed by atoms with Crippen LogP contribution in [0.5, 0.6) is 0 Å². The van der Waals surface area contributed by atoms with E-state index in [9.17, 15) is 17.3 Å². The first-order valence-corrected chi connectivity index (χ1v) is 23.4. The first-order chi connectivity index (χ1) is 25.5. The average molecular weight is 863 g/mol. The molecular weight excluding hydrogens is 804 g/mol. The molecule has 0 saturated heterocycles. The third-order valence-electron chi connectivity index (χ3n) is 11.6. The average Bonchev–Trinajstić information content (AvgIpc) is 3.28. The quantitative estimate of drug-likeness (QED) is 0.109. The standard InChI is InChI=1S/C38H46P2.C8H12.BF4.Rh/c1-38(2,3)39-26-29-23-22-27-14-10-12-20-32(27)35(29)36-33-21-13-11-15-28(33)24-25-34(36)37(39)40(30-16-6-4-7-17-30)31-18-8-5-9-19-31;1-2-4-6-8-7-5-3-1;2-1(3,4)5;/h10-15,20-25,30-31,37H,4-9,16-19,26H2,1-3H3;1-2,7-8H,3-6H2;;/q;;-1;/t37-,39+;;;/m0.../s1. The molecule has 4 aromatic carbocycles. The minimum Gasteiger partial charge on any atom is -0.418 e. The number of benzene rings is 4. The molecule has 4 aromatic rings. The summed E-state index contributed by atoms with van der Waals surface area (Å²) < 4.78 is 39.0. The Morgan fingerprint density at radius 2 is 1.00 bits per heavy atom. The summed E-state index contributed by atoms with van der Waals surface area (Å²) in [4.78, 5) is 0. The van der Waals surface area contributed by atoms with Gasteiger partial charge in [0, 0.05) is 24.9 Å². The van der Waals surface area contributed by atoms with Gasteiger partial charge in [-0.25, -0.2) is 0 Å². The van der Waals surface area contributed by atoms with E-state index in [1.807, 2.05) is 0 Å². The summed E-state index contributed by atoms with van der Waals surface area (Å²) >= 11 is 0. The van der Waals surface area contributed by atoms with Crippen LogP contribution < -0.4 is 0 Å². The van der Waals surface area contributed by atoms with E-state index in [0.29, 0.717) is 5.16 Å². The van der Waals surface area contributed by atoms with E-state index in [4.69, 9.17) is 0 Å². The molecule has 0 bridgehead atoms. The number of hydrogen-bond acceptors (Lipinski definition) is 0. The molecule has 0 spiro atoms. The predicted molar refractivity (Wildman–Crippen MR) is 227 cm³/mol. The maximum absolute atomic E-state index is 9.75. The van der Waals surface area contributed by atoms with Crippen LogP contribution in [-0.4, -0.2) is 23.7 Å². The van der Waals surface area contributed by atoms with Crippen molar-refractivity contribution in [3.05, 3.63) is 110 Å². The van der Waals surface area contributed by atoms with Crippen molar-refractivity contribution in [1.82, 2.24) is 0 Å². The first kappa shape index (κ1) is 43.8. The zero-order valence-corrected chi connectivity index (χ0v) is 35.8. The number of fused-ring (bicyclic) bond motifs is 7. The van der Waals surface area contributed by atoms with E-state index >= 15 is 0 Å². The van der Waals surface area contributed by atoms with Gasteiger partial charge in [0.25, 0.3) is 0 Å². The van der Waals surface area contributed by atoms with Gasteiger partial charge in [-0.05, 0) is 143 Å². The summed E-state index contributed by atoms with van der Waals surface area (Å²) in [5.41, 5.74) is 8.43. The molecule has 54 heavy (non-hydrogen) atoms. The summed E-state index contributed by atoms with van der Waals surface area (Å²) in [6, 6.07) is 28.6. The molecule has 3 saturated carbocycles. The van der Waals surface area contributed by atoms with Gasteiger partial charge < -0.3 is 17.3 Å². The van der Waals surface area contributed by atoms with Crippen LogP contribution in [0.3, 0.4) is 0 Å². The van der Waals surface area contributed by atoms with Crippen LogP contribution in [0.25, 0.3) is 32.7 Å². The molecule has 8 heteroatoms. The Balaban J connectivity index is 0.000000342. The third kappa shape index (κ3) is 11.4. The van der Waals surface area contributed by atoms with Crippen LogP contribution in [0.1, 0.15) is 127 Å². The zero-order chi connectivity index (χ0) is 37.4. The van der Waals surface area contributed by atoms with Gasteiger partial charge in [0.15, 0.2) is 0 Å².